The van der Waals surface area contributed by atoms with Crippen LogP contribution >= 0.6 is 0 Å². The van der Waals surface area contributed by atoms with Crippen LogP contribution in [-0.4, -0.2) is 40.9 Å². The number of ketones is 1. The van der Waals surface area contributed by atoms with E-state index in [1.165, 1.54) is 0 Å². The van der Waals surface area contributed by atoms with Crippen LogP contribution in [0.4, 0.5) is 5.82 Å². The van der Waals surface area contributed by atoms with Gasteiger partial charge in [0.15, 0.2) is 17.3 Å². The molecule has 0 spiro atoms. The van der Waals surface area contributed by atoms with Gasteiger partial charge in [-0.25, -0.2) is 4.99 Å². The molecule has 0 radical (unpaired) electrons. The van der Waals surface area contributed by atoms with E-state index in [-0.39, 0.29) is 17.3 Å². The van der Waals surface area contributed by atoms with Crippen molar-refractivity contribution in [3.8, 4) is 11.5 Å². The molecule has 4 aromatic rings. The molecule has 176 valence electrons. The van der Waals surface area contributed by atoms with Crippen LogP contribution in [0.5, 0.6) is 11.5 Å². The molecule has 8 nitrogen and oxygen atoms in total. The molecule has 1 aliphatic carbocycles. The minimum absolute atomic E-state index is 0.0423. The van der Waals surface area contributed by atoms with Crippen molar-refractivity contribution in [3.05, 3.63) is 81.8 Å². The first kappa shape index (κ1) is 21.3. The van der Waals surface area contributed by atoms with E-state index in [4.69, 9.17) is 14.5 Å². The molecular formula is C27H24N4O4. The van der Waals surface area contributed by atoms with Crippen molar-refractivity contribution in [2.24, 2.45) is 10.9 Å². The average Bonchev–Trinajstić information content (AvgIpc) is 3.26. The fourth-order valence-electron chi connectivity index (χ4n) is 5.61. The Balaban J connectivity index is 1.47. The fraction of sp³-hybridized carbons (Fsp3) is 0.259. The highest BCUT2D eigenvalue weighted by molar-refractivity contribution is 6.11. The maximum atomic E-state index is 13.8. The van der Waals surface area contributed by atoms with Crippen molar-refractivity contribution < 1.29 is 14.3 Å². The van der Waals surface area contributed by atoms with E-state index in [2.05, 4.69) is 15.2 Å². The quantitative estimate of drug-likeness (QED) is 0.465. The number of rotatable bonds is 4. The van der Waals surface area contributed by atoms with Crippen LogP contribution in [0.3, 0.4) is 0 Å². The van der Waals surface area contributed by atoms with Gasteiger partial charge in [0.05, 0.1) is 31.2 Å². The van der Waals surface area contributed by atoms with E-state index in [0.717, 1.165) is 27.7 Å². The molecule has 2 N–H and O–H groups in total. The lowest BCUT2D eigenvalue weighted by Gasteiger charge is -2.37. The number of hydrogen-bond donors (Lipinski definition) is 2. The Morgan fingerprint density at radius 2 is 1.74 bits per heavy atom. The second-order valence-electron chi connectivity index (χ2n) is 9.00. The summed E-state index contributed by atoms with van der Waals surface area (Å²) in [7, 11) is 3.20. The number of carbonyl (C=O) groups excluding carboxylic acids is 1. The van der Waals surface area contributed by atoms with Crippen molar-refractivity contribution in [1.29, 1.82) is 0 Å². The Labute approximate surface area is 201 Å². The van der Waals surface area contributed by atoms with Crippen molar-refractivity contribution in [1.82, 2.24) is 15.2 Å². The first-order chi connectivity index (χ1) is 17.1. The Hall–Kier alpha value is -4.20. The Morgan fingerprint density at radius 1 is 0.914 bits per heavy atom. The summed E-state index contributed by atoms with van der Waals surface area (Å²) < 4.78 is 10.8. The van der Waals surface area contributed by atoms with Gasteiger partial charge in [0.25, 0.3) is 5.56 Å². The third kappa shape index (κ3) is 3.36. The highest BCUT2D eigenvalue weighted by Crippen LogP contribution is 2.48. The number of para-hydroxylation sites is 1. The molecule has 2 aromatic carbocycles. The summed E-state index contributed by atoms with van der Waals surface area (Å²) in [5.74, 6) is 0.869. The zero-order chi connectivity index (χ0) is 24.1. The summed E-state index contributed by atoms with van der Waals surface area (Å²) in [5, 5.41) is 6.53. The van der Waals surface area contributed by atoms with E-state index in [1.54, 1.807) is 20.4 Å². The third-order valence-electron chi connectivity index (χ3n) is 7.20. The largest absolute Gasteiger partial charge is 0.493 e. The van der Waals surface area contributed by atoms with Crippen LogP contribution < -0.4 is 15.0 Å². The van der Waals surface area contributed by atoms with E-state index < -0.39 is 11.8 Å². The lowest BCUT2D eigenvalue weighted by atomic mass is 9.66. The summed E-state index contributed by atoms with van der Waals surface area (Å²) in [6, 6.07) is 15.5. The normalized spacial score (nSPS) is 21.3. The van der Waals surface area contributed by atoms with E-state index in [9.17, 15) is 9.59 Å². The van der Waals surface area contributed by atoms with E-state index in [0.29, 0.717) is 35.7 Å². The van der Waals surface area contributed by atoms with Crippen LogP contribution in [0.25, 0.3) is 10.9 Å². The fourth-order valence-corrected chi connectivity index (χ4v) is 5.61. The molecule has 3 heterocycles. The Bertz CT molecular complexity index is 1550. The lowest BCUT2D eigenvalue weighted by Crippen LogP contribution is -2.40. The van der Waals surface area contributed by atoms with Gasteiger partial charge in [0.2, 0.25) is 0 Å². The standard InChI is InChI=1S/C27H24N4O4/c1-34-21-8-7-14(13-22(21)35-2)15-11-19-24(20(32)12-15)23(25-26(29-19)30-31-27(25)33)17-9-10-28-18-6-4-3-5-16(17)18/h3-10,13,15,23-24H,11-12H2,1-2H3,(H2,30,31,33). The molecule has 8 heteroatoms. The van der Waals surface area contributed by atoms with Crippen LogP contribution in [-0.2, 0) is 4.79 Å². The molecule has 0 amide bonds. The van der Waals surface area contributed by atoms with Crippen molar-refractivity contribution in [2.45, 2.75) is 24.7 Å². The highest BCUT2D eigenvalue weighted by Gasteiger charge is 2.45. The van der Waals surface area contributed by atoms with E-state index >= 15 is 0 Å². The molecule has 35 heavy (non-hydrogen) atoms. The van der Waals surface area contributed by atoms with Gasteiger partial charge in [-0.15, -0.1) is 0 Å². The van der Waals surface area contributed by atoms with Crippen LogP contribution in [0, 0.1) is 5.92 Å². The maximum Gasteiger partial charge on any atom is 0.270 e. The predicted octanol–water partition coefficient (Wildman–Crippen LogP) is 4.25. The van der Waals surface area contributed by atoms with Crippen molar-refractivity contribution >= 4 is 28.2 Å². The van der Waals surface area contributed by atoms with Crippen LogP contribution in [0.1, 0.15) is 41.4 Å². The first-order valence-corrected chi connectivity index (χ1v) is 11.5. The number of H-pyrrole nitrogens is 2. The number of hydrogen-bond acceptors (Lipinski definition) is 6. The zero-order valence-corrected chi connectivity index (χ0v) is 19.4. The predicted molar refractivity (Wildman–Crippen MR) is 132 cm³/mol. The summed E-state index contributed by atoms with van der Waals surface area (Å²) in [6.45, 7) is 0. The van der Waals surface area contributed by atoms with Crippen LogP contribution in [0.2, 0.25) is 0 Å². The highest BCUT2D eigenvalue weighted by atomic mass is 16.5. The number of ether oxygens (including phenoxy) is 2. The molecule has 3 atom stereocenters. The molecule has 2 aliphatic rings. The average molecular weight is 469 g/mol. The minimum Gasteiger partial charge on any atom is -0.493 e. The topological polar surface area (TPSA) is 109 Å². The molecule has 1 saturated carbocycles. The third-order valence-corrected chi connectivity index (χ3v) is 7.20. The smallest absolute Gasteiger partial charge is 0.270 e. The second-order valence-corrected chi connectivity index (χ2v) is 9.00. The van der Waals surface area contributed by atoms with Gasteiger partial charge >= 0.3 is 0 Å². The number of aromatic amines is 2. The summed E-state index contributed by atoms with van der Waals surface area (Å²) >= 11 is 0. The number of pyridine rings is 1. The van der Waals surface area contributed by atoms with Gasteiger partial charge in [-0.2, -0.15) is 0 Å². The molecule has 2 aromatic heterocycles. The van der Waals surface area contributed by atoms with Crippen molar-refractivity contribution in [3.63, 3.8) is 0 Å². The molecular weight excluding hydrogens is 444 g/mol. The molecule has 1 fully saturated rings. The minimum atomic E-state index is -0.499. The molecule has 6 rings (SSSR count). The van der Waals surface area contributed by atoms with E-state index in [1.807, 2.05) is 48.5 Å². The van der Waals surface area contributed by atoms with Gasteiger partial charge in [-0.3, -0.25) is 24.8 Å². The molecule has 1 aliphatic heterocycles. The van der Waals surface area contributed by atoms with Gasteiger partial charge in [0.1, 0.15) is 5.78 Å². The second kappa shape index (κ2) is 8.23. The zero-order valence-electron chi connectivity index (χ0n) is 19.4. The van der Waals surface area contributed by atoms with Gasteiger partial charge in [0, 0.05) is 29.6 Å². The molecule has 0 saturated heterocycles. The number of nitrogens with one attached hydrogen (secondary N) is 2. The van der Waals surface area contributed by atoms with Crippen molar-refractivity contribution in [2.75, 3.05) is 14.2 Å². The van der Waals surface area contributed by atoms with Gasteiger partial charge < -0.3 is 9.47 Å². The SMILES string of the molecule is COc1ccc(C2CC(=O)C3C(=Nc4[nH][nH]c(=O)c4C3c3ccnc4ccccc34)C2)cc1OC. The molecule has 3 unspecified atom stereocenters. The summed E-state index contributed by atoms with van der Waals surface area (Å²) in [5.41, 5.74) is 3.79. The number of benzene rings is 2. The number of carbonyl (C=O) groups is 1. The van der Waals surface area contributed by atoms with Gasteiger partial charge in [-0.05, 0) is 47.7 Å². The van der Waals surface area contributed by atoms with Crippen LogP contribution in [0.15, 0.2) is 64.5 Å². The summed E-state index contributed by atoms with van der Waals surface area (Å²) in [6.07, 6.45) is 2.71. The maximum absolute atomic E-state index is 13.8. The Morgan fingerprint density at radius 3 is 2.57 bits per heavy atom. The molecule has 0 bridgehead atoms. The number of methoxy groups -OCH3 is 2. The lowest BCUT2D eigenvalue weighted by molar-refractivity contribution is -0.122. The van der Waals surface area contributed by atoms with Gasteiger partial charge in [-0.1, -0.05) is 24.3 Å². The Kier molecular flexibility index (Phi) is 5.02. The number of aliphatic imine (C=N–C) groups is 1. The number of aromatic nitrogens is 3. The number of nitrogens with zero attached hydrogens (tertiary/aromatic N) is 2. The first-order valence-electron chi connectivity index (χ1n) is 11.5. The number of Topliss-reactive ketones (excluding diaryl/α,β-unsaturated/α-hetero) is 1. The summed E-state index contributed by atoms with van der Waals surface area (Å²) in [4.78, 5) is 35.9. The monoisotopic (exact) mass is 468 g/mol. The number of fused-ring (bicyclic) bond motifs is 3.